The van der Waals surface area contributed by atoms with Gasteiger partial charge in [0.1, 0.15) is 16.5 Å². The van der Waals surface area contributed by atoms with E-state index in [-0.39, 0.29) is 16.5 Å². The second-order valence-corrected chi connectivity index (χ2v) is 11.4. The van der Waals surface area contributed by atoms with Crippen molar-refractivity contribution < 1.29 is 17.9 Å². The minimum Gasteiger partial charge on any atom is -0.507 e. The van der Waals surface area contributed by atoms with E-state index in [0.29, 0.717) is 42.3 Å². The number of hydrogen-bond acceptors (Lipinski definition) is 8. The van der Waals surface area contributed by atoms with Crippen molar-refractivity contribution in [3.8, 4) is 17.0 Å². The molecule has 8 nitrogen and oxygen atoms in total. The van der Waals surface area contributed by atoms with Crippen molar-refractivity contribution >= 4 is 15.8 Å². The topological polar surface area (TPSA) is 107 Å². The van der Waals surface area contributed by atoms with Crippen LogP contribution in [-0.4, -0.2) is 66.4 Å². The number of piperazine rings is 1. The zero-order chi connectivity index (χ0) is 25.9. The van der Waals surface area contributed by atoms with Crippen molar-refractivity contribution in [1.29, 1.82) is 0 Å². The van der Waals surface area contributed by atoms with Crippen LogP contribution in [0, 0.1) is 5.82 Å². The van der Waals surface area contributed by atoms with Crippen molar-refractivity contribution in [2.45, 2.75) is 43.8 Å². The molecule has 2 aromatic carbocycles. The Kier molecular flexibility index (Phi) is 7.87. The Morgan fingerprint density at radius 2 is 1.94 bits per heavy atom. The number of anilines is 1. The van der Waals surface area contributed by atoms with Crippen LogP contribution in [0.25, 0.3) is 11.3 Å². The molecule has 4 rings (SSSR count). The summed E-state index contributed by atoms with van der Waals surface area (Å²) in [5.74, 6) is -0.251. The molecule has 1 fully saturated rings. The fraction of sp³-hybridized carbons (Fsp3) is 0.385. The third kappa shape index (κ3) is 6.37. The Bertz CT molecular complexity index is 1330. The number of hydrogen-bond donors (Lipinski definition) is 3. The molecule has 1 aromatic heterocycles. The van der Waals surface area contributed by atoms with Crippen LogP contribution in [0.3, 0.4) is 0 Å². The molecule has 0 saturated carbocycles. The molecule has 0 aliphatic carbocycles. The van der Waals surface area contributed by atoms with Crippen LogP contribution < -0.4 is 10.6 Å². The van der Waals surface area contributed by atoms with Gasteiger partial charge in [0.2, 0.25) is 5.95 Å². The molecular weight excluding hydrogens is 481 g/mol. The molecule has 0 unspecified atom stereocenters. The van der Waals surface area contributed by atoms with Crippen molar-refractivity contribution in [3.05, 3.63) is 65.6 Å². The smallest absolute Gasteiger partial charge is 0.223 e. The van der Waals surface area contributed by atoms with Crippen molar-refractivity contribution in [2.24, 2.45) is 0 Å². The van der Waals surface area contributed by atoms with Crippen LogP contribution in [0.5, 0.6) is 5.75 Å². The lowest BCUT2D eigenvalue weighted by Crippen LogP contribution is -2.53. The van der Waals surface area contributed by atoms with E-state index in [2.05, 4.69) is 39.3 Å². The van der Waals surface area contributed by atoms with E-state index in [1.54, 1.807) is 18.3 Å². The summed E-state index contributed by atoms with van der Waals surface area (Å²) >= 11 is 0. The maximum atomic E-state index is 14.8. The van der Waals surface area contributed by atoms with Gasteiger partial charge in [-0.15, -0.1) is 0 Å². The molecule has 1 aliphatic rings. The summed E-state index contributed by atoms with van der Waals surface area (Å²) in [6, 6.07) is 12.2. The maximum absolute atomic E-state index is 14.8. The van der Waals surface area contributed by atoms with Gasteiger partial charge in [-0.25, -0.2) is 22.8 Å². The summed E-state index contributed by atoms with van der Waals surface area (Å²) in [6.45, 7) is 7.40. The lowest BCUT2D eigenvalue weighted by atomic mass is 10.0. The average molecular weight is 514 g/mol. The van der Waals surface area contributed by atoms with Gasteiger partial charge in [-0.3, -0.25) is 4.90 Å². The van der Waals surface area contributed by atoms with Gasteiger partial charge in [-0.05, 0) is 61.7 Å². The third-order valence-corrected chi connectivity index (χ3v) is 7.51. The SMILES string of the molecule is C[C@H]1CN(Cc2ccc(F)c(-c3ccnc(NCCc4ccc(S(C)(=O)=O)c(O)c4)n3)c2)[C@@H](C)CN1. The molecule has 2 atom stereocenters. The van der Waals surface area contributed by atoms with E-state index in [1.807, 2.05) is 12.1 Å². The molecule has 3 aromatic rings. The van der Waals surface area contributed by atoms with E-state index in [1.165, 1.54) is 18.2 Å². The van der Waals surface area contributed by atoms with Gasteiger partial charge >= 0.3 is 0 Å². The monoisotopic (exact) mass is 513 g/mol. The summed E-state index contributed by atoms with van der Waals surface area (Å²) in [5, 5.41) is 16.6. The number of aromatic hydroxyl groups is 1. The highest BCUT2D eigenvalue weighted by atomic mass is 32.2. The number of phenols is 1. The molecule has 1 saturated heterocycles. The molecule has 0 amide bonds. The second kappa shape index (κ2) is 10.9. The van der Waals surface area contributed by atoms with E-state index in [9.17, 15) is 17.9 Å². The Hall–Kier alpha value is -3.08. The van der Waals surface area contributed by atoms with Crippen LogP contribution in [-0.2, 0) is 22.8 Å². The van der Waals surface area contributed by atoms with Crippen LogP contribution in [0.2, 0.25) is 0 Å². The maximum Gasteiger partial charge on any atom is 0.223 e. The predicted octanol–water partition coefficient (Wildman–Crippen LogP) is 3.23. The summed E-state index contributed by atoms with van der Waals surface area (Å²) in [4.78, 5) is 11.0. The third-order valence-electron chi connectivity index (χ3n) is 6.36. The zero-order valence-corrected chi connectivity index (χ0v) is 21.5. The van der Waals surface area contributed by atoms with Crippen LogP contribution in [0.4, 0.5) is 10.3 Å². The fourth-order valence-corrected chi connectivity index (χ4v) is 5.12. The van der Waals surface area contributed by atoms with Crippen LogP contribution in [0.1, 0.15) is 25.0 Å². The highest BCUT2D eigenvalue weighted by Gasteiger charge is 2.22. The summed E-state index contributed by atoms with van der Waals surface area (Å²) in [5.41, 5.74) is 2.70. The number of nitrogens with zero attached hydrogens (tertiary/aromatic N) is 3. The molecule has 0 radical (unpaired) electrons. The molecule has 192 valence electrons. The summed E-state index contributed by atoms with van der Waals surface area (Å²) in [7, 11) is -3.49. The van der Waals surface area contributed by atoms with Gasteiger partial charge in [0.05, 0.1) is 5.69 Å². The average Bonchev–Trinajstić information content (AvgIpc) is 2.82. The first-order chi connectivity index (χ1) is 17.1. The van der Waals surface area contributed by atoms with E-state index in [4.69, 9.17) is 0 Å². The van der Waals surface area contributed by atoms with Gasteiger partial charge in [-0.2, -0.15) is 0 Å². The van der Waals surface area contributed by atoms with Crippen molar-refractivity contribution in [3.63, 3.8) is 0 Å². The molecule has 0 spiro atoms. The molecule has 36 heavy (non-hydrogen) atoms. The number of benzene rings is 2. The largest absolute Gasteiger partial charge is 0.507 e. The van der Waals surface area contributed by atoms with E-state index in [0.717, 1.165) is 37.0 Å². The molecule has 0 bridgehead atoms. The standard InChI is InChI=1S/C26H32FN5O3S/c1-17-15-32(18(2)14-30-17)16-20-4-6-22(27)21(12-20)23-9-11-29-26(31-23)28-10-8-19-5-7-25(24(33)13-19)36(3,34)35/h4-7,9,11-13,17-18,30,33H,8,10,14-16H2,1-3H3,(H,28,29,31)/t17-,18-/m0/s1. The highest BCUT2D eigenvalue weighted by molar-refractivity contribution is 7.90. The Labute approximate surface area is 211 Å². The highest BCUT2D eigenvalue weighted by Crippen LogP contribution is 2.25. The number of rotatable bonds is 8. The first-order valence-corrected chi connectivity index (χ1v) is 13.8. The number of halogens is 1. The minimum absolute atomic E-state index is 0.0968. The molecular formula is C26H32FN5O3S. The van der Waals surface area contributed by atoms with Crippen molar-refractivity contribution in [2.75, 3.05) is 31.2 Å². The summed E-state index contributed by atoms with van der Waals surface area (Å²) < 4.78 is 38.1. The Balaban J connectivity index is 1.43. The number of aromatic nitrogens is 2. The van der Waals surface area contributed by atoms with Crippen LogP contribution in [0.15, 0.2) is 53.6 Å². The van der Waals surface area contributed by atoms with Gasteiger partial charge in [0.15, 0.2) is 9.84 Å². The molecule has 1 aliphatic heterocycles. The van der Waals surface area contributed by atoms with Gasteiger partial charge in [0, 0.05) is 56.3 Å². The predicted molar refractivity (Wildman–Crippen MR) is 138 cm³/mol. The lowest BCUT2D eigenvalue weighted by molar-refractivity contribution is 0.139. The molecule has 2 heterocycles. The first-order valence-electron chi connectivity index (χ1n) is 12.0. The zero-order valence-electron chi connectivity index (χ0n) is 20.7. The molecule has 3 N–H and O–H groups in total. The fourth-order valence-electron chi connectivity index (χ4n) is 4.36. The van der Waals surface area contributed by atoms with Crippen molar-refractivity contribution in [1.82, 2.24) is 20.2 Å². The van der Waals surface area contributed by atoms with Gasteiger partial charge in [0.25, 0.3) is 0 Å². The van der Waals surface area contributed by atoms with Gasteiger partial charge in [-0.1, -0.05) is 12.1 Å². The van der Waals surface area contributed by atoms with E-state index >= 15 is 0 Å². The second-order valence-electron chi connectivity index (χ2n) is 9.42. The quantitative estimate of drug-likeness (QED) is 0.422. The number of nitrogens with one attached hydrogen (secondary N) is 2. The van der Waals surface area contributed by atoms with Gasteiger partial charge < -0.3 is 15.7 Å². The first kappa shape index (κ1) is 26.0. The Morgan fingerprint density at radius 3 is 2.69 bits per heavy atom. The van der Waals surface area contributed by atoms with Crippen LogP contribution >= 0.6 is 0 Å². The summed E-state index contributed by atoms with van der Waals surface area (Å²) in [6.07, 6.45) is 3.15. The minimum atomic E-state index is -3.49. The van der Waals surface area contributed by atoms with E-state index < -0.39 is 9.84 Å². The normalized spacial score (nSPS) is 18.8. The number of phenolic OH excluding ortho intramolecular Hbond substituents is 1. The number of sulfone groups is 1. The Morgan fingerprint density at radius 1 is 1.17 bits per heavy atom. The molecule has 10 heteroatoms. The lowest BCUT2D eigenvalue weighted by Gasteiger charge is -2.37.